The van der Waals surface area contributed by atoms with E-state index in [1.54, 1.807) is 12.4 Å². The van der Waals surface area contributed by atoms with Crippen LogP contribution < -0.4 is 4.34 Å². The fourth-order valence-electron chi connectivity index (χ4n) is 2.96. The minimum absolute atomic E-state index is 0.383. The van der Waals surface area contributed by atoms with Crippen molar-refractivity contribution < 1.29 is 0 Å². The van der Waals surface area contributed by atoms with Crippen LogP contribution in [0.25, 0.3) is 33.9 Å². The first kappa shape index (κ1) is 20.3. The number of aromatic nitrogens is 3. The van der Waals surface area contributed by atoms with E-state index < -0.39 is 0 Å². The molecule has 0 saturated heterocycles. The minimum Gasteiger partial charge on any atom is -0.302 e. The van der Waals surface area contributed by atoms with Gasteiger partial charge in [-0.15, -0.1) is 0 Å². The maximum absolute atomic E-state index is 7.66. The molecule has 1 aromatic carbocycles. The topological polar surface area (TPSA) is 74.6 Å². The lowest BCUT2D eigenvalue weighted by Gasteiger charge is -2.10. The van der Waals surface area contributed by atoms with Gasteiger partial charge in [0.15, 0.2) is 5.17 Å². The summed E-state index contributed by atoms with van der Waals surface area (Å²) in [5.41, 5.74) is 6.57. The first-order valence-corrected chi connectivity index (χ1v) is 11.0. The third kappa shape index (κ3) is 4.93. The van der Waals surface area contributed by atoms with Gasteiger partial charge in [-0.1, -0.05) is 48.2 Å². The second-order valence-electron chi connectivity index (χ2n) is 6.47. The molecule has 3 heterocycles. The van der Waals surface area contributed by atoms with Crippen molar-refractivity contribution in [1.82, 2.24) is 19.3 Å². The number of thioether (sulfide) groups is 1. The average Bonchev–Trinajstić information content (AvgIpc) is 2.83. The fourth-order valence-corrected chi connectivity index (χ4v) is 3.87. The number of nitrogens with zero attached hydrogens (tertiary/aromatic N) is 3. The molecule has 0 aliphatic heterocycles. The number of hydrogen-bond donors (Lipinski definition) is 2. The number of nitrogens with one attached hydrogen (secondary N) is 2. The number of hydrogen-bond acceptors (Lipinski definition) is 5. The van der Waals surface area contributed by atoms with Gasteiger partial charge in [0, 0.05) is 34.3 Å². The molecule has 30 heavy (non-hydrogen) atoms. The van der Waals surface area contributed by atoms with Crippen LogP contribution in [0.3, 0.4) is 0 Å². The Morgan fingerprint density at radius 3 is 1.90 bits per heavy atom. The standard InChI is InChI=1S/C23H18BrN5S/c24-29-23(25)30-15-16-7-9-17(10-8-16)18-13-21(19-5-1-3-11-26-19)28-22(14-18)20-6-2-4-12-27-20/h1-14H,15H2,(H2,25,29). The quantitative estimate of drug-likeness (QED) is 0.212. The molecular weight excluding hydrogens is 458 g/mol. The molecule has 0 bridgehead atoms. The first-order valence-electron chi connectivity index (χ1n) is 9.25. The highest BCUT2D eigenvalue weighted by Crippen LogP contribution is 2.29. The Morgan fingerprint density at radius 2 is 1.40 bits per heavy atom. The lowest BCUT2D eigenvalue weighted by molar-refractivity contribution is 1.22. The van der Waals surface area contributed by atoms with Crippen molar-refractivity contribution >= 4 is 33.1 Å². The van der Waals surface area contributed by atoms with Crippen molar-refractivity contribution in [3.8, 4) is 33.9 Å². The fraction of sp³-hybridized carbons (Fsp3) is 0.0435. The SMILES string of the molecule is N=C(NBr)SCc1ccc(-c2cc(-c3ccccn3)nc(-c3ccccn3)c2)cc1. The van der Waals surface area contributed by atoms with E-state index in [1.807, 2.05) is 36.4 Å². The summed E-state index contributed by atoms with van der Waals surface area (Å²) in [4.78, 5) is 13.7. The van der Waals surface area contributed by atoms with Gasteiger partial charge < -0.3 is 4.34 Å². The van der Waals surface area contributed by atoms with E-state index in [1.165, 1.54) is 11.8 Å². The predicted molar refractivity (Wildman–Crippen MR) is 127 cm³/mol. The minimum atomic E-state index is 0.383. The molecule has 148 valence electrons. The Labute approximate surface area is 187 Å². The van der Waals surface area contributed by atoms with Crippen LogP contribution >= 0.6 is 27.9 Å². The first-order chi connectivity index (χ1) is 14.7. The summed E-state index contributed by atoms with van der Waals surface area (Å²) in [6.45, 7) is 0. The Morgan fingerprint density at radius 1 is 0.800 bits per heavy atom. The summed E-state index contributed by atoms with van der Waals surface area (Å²) in [5, 5.41) is 8.04. The Hall–Kier alpha value is -3.03. The molecule has 5 nitrogen and oxygen atoms in total. The van der Waals surface area contributed by atoms with Crippen molar-refractivity contribution in [1.29, 1.82) is 5.41 Å². The Bertz CT molecular complexity index is 1080. The van der Waals surface area contributed by atoms with Crippen molar-refractivity contribution in [2.45, 2.75) is 5.75 Å². The van der Waals surface area contributed by atoms with Crippen molar-refractivity contribution in [3.05, 3.63) is 90.8 Å². The molecule has 0 amide bonds. The molecule has 0 fully saturated rings. The molecule has 2 N–H and O–H groups in total. The molecule has 4 rings (SSSR count). The maximum Gasteiger partial charge on any atom is 0.164 e. The van der Waals surface area contributed by atoms with Gasteiger partial charge in [0.1, 0.15) is 0 Å². The van der Waals surface area contributed by atoms with E-state index in [0.717, 1.165) is 45.2 Å². The zero-order valence-electron chi connectivity index (χ0n) is 15.9. The molecule has 7 heteroatoms. The van der Waals surface area contributed by atoms with Gasteiger partial charge in [-0.3, -0.25) is 15.4 Å². The van der Waals surface area contributed by atoms with Gasteiger partial charge in [0.05, 0.1) is 22.8 Å². The molecular formula is C23H18BrN5S. The molecule has 3 aromatic heterocycles. The summed E-state index contributed by atoms with van der Waals surface area (Å²) in [6.07, 6.45) is 3.55. The van der Waals surface area contributed by atoms with Crippen LogP contribution in [0.5, 0.6) is 0 Å². The highest BCUT2D eigenvalue weighted by atomic mass is 79.9. The summed E-state index contributed by atoms with van der Waals surface area (Å²) in [7, 11) is 0. The molecule has 0 spiro atoms. The molecule has 4 aromatic rings. The summed E-state index contributed by atoms with van der Waals surface area (Å²) >= 11 is 4.50. The van der Waals surface area contributed by atoms with Crippen molar-refractivity contribution in [2.24, 2.45) is 0 Å². The monoisotopic (exact) mass is 475 g/mol. The van der Waals surface area contributed by atoms with E-state index in [-0.39, 0.29) is 0 Å². The van der Waals surface area contributed by atoms with E-state index in [4.69, 9.17) is 10.4 Å². The van der Waals surface area contributed by atoms with Crippen LogP contribution in [0.2, 0.25) is 0 Å². The molecule has 0 radical (unpaired) electrons. The zero-order chi connectivity index (χ0) is 20.8. The van der Waals surface area contributed by atoms with Gasteiger partial charge >= 0.3 is 0 Å². The van der Waals surface area contributed by atoms with E-state index in [9.17, 15) is 0 Å². The Balaban J connectivity index is 1.71. The lowest BCUT2D eigenvalue weighted by atomic mass is 10.0. The molecule has 0 saturated carbocycles. The average molecular weight is 476 g/mol. The highest BCUT2D eigenvalue weighted by Gasteiger charge is 2.10. The number of amidine groups is 1. The lowest BCUT2D eigenvalue weighted by Crippen LogP contribution is -2.04. The van der Waals surface area contributed by atoms with Crippen molar-refractivity contribution in [3.63, 3.8) is 0 Å². The Kier molecular flexibility index (Phi) is 6.51. The van der Waals surface area contributed by atoms with Gasteiger partial charge in [-0.2, -0.15) is 0 Å². The molecule has 0 atom stereocenters. The zero-order valence-corrected chi connectivity index (χ0v) is 18.3. The van der Waals surface area contributed by atoms with Gasteiger partial charge in [0.2, 0.25) is 0 Å². The van der Waals surface area contributed by atoms with Crippen LogP contribution in [0.4, 0.5) is 0 Å². The summed E-state index contributed by atoms with van der Waals surface area (Å²) in [5.74, 6) is 0.729. The second kappa shape index (κ2) is 9.65. The van der Waals surface area contributed by atoms with Crippen LogP contribution in [0.1, 0.15) is 5.56 Å². The van der Waals surface area contributed by atoms with Gasteiger partial charge in [0.25, 0.3) is 0 Å². The smallest absolute Gasteiger partial charge is 0.164 e. The van der Waals surface area contributed by atoms with Crippen LogP contribution in [-0.4, -0.2) is 20.1 Å². The number of rotatable bonds is 5. The van der Waals surface area contributed by atoms with Crippen LogP contribution in [0.15, 0.2) is 85.2 Å². The predicted octanol–water partition coefficient (Wildman–Crippen LogP) is 5.94. The van der Waals surface area contributed by atoms with Crippen LogP contribution in [0, 0.1) is 5.41 Å². The van der Waals surface area contributed by atoms with E-state index in [2.05, 4.69) is 66.9 Å². The normalized spacial score (nSPS) is 10.6. The maximum atomic E-state index is 7.66. The van der Waals surface area contributed by atoms with E-state index >= 15 is 0 Å². The second-order valence-corrected chi connectivity index (χ2v) is 7.85. The number of benzene rings is 1. The van der Waals surface area contributed by atoms with E-state index in [0.29, 0.717) is 5.17 Å². The number of halogens is 1. The van der Waals surface area contributed by atoms with Gasteiger partial charge in [-0.05, 0) is 53.1 Å². The third-order valence-corrected chi connectivity index (χ3v) is 5.96. The summed E-state index contributed by atoms with van der Waals surface area (Å²) < 4.78 is 2.66. The molecule has 0 aliphatic carbocycles. The highest BCUT2D eigenvalue weighted by molar-refractivity contribution is 9.08. The largest absolute Gasteiger partial charge is 0.302 e. The van der Waals surface area contributed by atoms with Gasteiger partial charge in [-0.25, -0.2) is 4.98 Å². The number of pyridine rings is 3. The summed E-state index contributed by atoms with van der Waals surface area (Å²) in [6, 6.07) is 24.1. The van der Waals surface area contributed by atoms with Crippen LogP contribution in [-0.2, 0) is 5.75 Å². The third-order valence-electron chi connectivity index (χ3n) is 4.44. The molecule has 0 unspecified atom stereocenters. The van der Waals surface area contributed by atoms with Crippen molar-refractivity contribution in [2.75, 3.05) is 0 Å². The molecule has 0 aliphatic rings.